The minimum absolute atomic E-state index is 0.000551. The topological polar surface area (TPSA) is 52.6 Å². The Morgan fingerprint density at radius 1 is 1.18 bits per heavy atom. The Bertz CT molecular complexity index is 760. The lowest BCUT2D eigenvalue weighted by Crippen LogP contribution is -2.06. The summed E-state index contributed by atoms with van der Waals surface area (Å²) < 4.78 is 10.9. The molecule has 4 heteroatoms. The van der Waals surface area contributed by atoms with Gasteiger partial charge in [-0.3, -0.25) is 9.59 Å². The van der Waals surface area contributed by atoms with Crippen molar-refractivity contribution < 1.29 is 19.1 Å². The summed E-state index contributed by atoms with van der Waals surface area (Å²) in [5.41, 5.74) is 1.39. The van der Waals surface area contributed by atoms with Gasteiger partial charge in [0.2, 0.25) is 5.78 Å². The summed E-state index contributed by atoms with van der Waals surface area (Å²) in [6, 6.07) is 14.4. The zero-order chi connectivity index (χ0) is 15.5. The predicted octanol–water partition coefficient (Wildman–Crippen LogP) is 3.27. The molecule has 1 aliphatic rings. The van der Waals surface area contributed by atoms with E-state index in [0.717, 1.165) is 5.56 Å². The quantitative estimate of drug-likeness (QED) is 0.812. The van der Waals surface area contributed by atoms with E-state index in [9.17, 15) is 9.59 Å². The second-order valence-electron chi connectivity index (χ2n) is 5.00. The summed E-state index contributed by atoms with van der Waals surface area (Å²) in [5, 5.41) is 0. The van der Waals surface area contributed by atoms with Gasteiger partial charge in [-0.1, -0.05) is 30.3 Å². The van der Waals surface area contributed by atoms with Crippen LogP contribution in [0.3, 0.4) is 0 Å². The number of fused-ring (bicyclic) bond motifs is 1. The number of benzene rings is 2. The molecule has 0 fully saturated rings. The van der Waals surface area contributed by atoms with Crippen LogP contribution in [0.1, 0.15) is 22.8 Å². The number of carbonyl (C=O) groups is 2. The van der Waals surface area contributed by atoms with Crippen LogP contribution in [-0.4, -0.2) is 18.2 Å². The van der Waals surface area contributed by atoms with E-state index in [-0.39, 0.29) is 23.9 Å². The van der Waals surface area contributed by atoms with Crippen LogP contribution in [0.5, 0.6) is 11.5 Å². The first-order valence-corrected chi connectivity index (χ1v) is 6.89. The molecule has 2 aromatic carbocycles. The summed E-state index contributed by atoms with van der Waals surface area (Å²) in [5.74, 6) is 1.01. The van der Waals surface area contributed by atoms with Crippen LogP contribution < -0.4 is 9.47 Å². The molecular weight excluding hydrogens is 280 g/mol. The Kier molecular flexibility index (Phi) is 3.74. The zero-order valence-corrected chi connectivity index (χ0v) is 12.0. The molecule has 0 amide bonds. The van der Waals surface area contributed by atoms with E-state index < -0.39 is 0 Å². The van der Waals surface area contributed by atoms with E-state index in [1.807, 2.05) is 30.3 Å². The molecule has 22 heavy (non-hydrogen) atoms. The van der Waals surface area contributed by atoms with Crippen molar-refractivity contribution in [3.05, 3.63) is 65.4 Å². The van der Waals surface area contributed by atoms with Gasteiger partial charge >= 0.3 is 0 Å². The fraction of sp³-hybridized carbons (Fsp3) is 0.111. The van der Waals surface area contributed by atoms with Gasteiger partial charge < -0.3 is 9.47 Å². The van der Waals surface area contributed by atoms with Gasteiger partial charge in [0, 0.05) is 6.07 Å². The maximum absolute atomic E-state index is 12.3. The molecule has 4 nitrogen and oxygen atoms in total. The summed E-state index contributed by atoms with van der Waals surface area (Å²) in [7, 11) is 0. The van der Waals surface area contributed by atoms with Gasteiger partial charge in [0.25, 0.3) is 0 Å². The van der Waals surface area contributed by atoms with Gasteiger partial charge in [-0.2, -0.15) is 0 Å². The first-order chi connectivity index (χ1) is 10.6. The van der Waals surface area contributed by atoms with Crippen molar-refractivity contribution in [1.82, 2.24) is 0 Å². The normalized spacial score (nSPS) is 14.6. The molecular formula is C18H14O4. The lowest BCUT2D eigenvalue weighted by atomic mass is 10.1. The van der Waals surface area contributed by atoms with Crippen LogP contribution in [0.4, 0.5) is 0 Å². The van der Waals surface area contributed by atoms with E-state index in [1.54, 1.807) is 24.3 Å². The first-order valence-electron chi connectivity index (χ1n) is 6.89. The third-order valence-electron chi connectivity index (χ3n) is 3.18. The standard InChI is InChI=1S/C18H14O4/c1-12(19)11-21-14-7-8-15-16(10-14)22-17(18(15)20)9-13-5-3-2-4-6-13/h2-10H,11H2,1H3. The van der Waals surface area contributed by atoms with Crippen LogP contribution in [-0.2, 0) is 4.79 Å². The van der Waals surface area contributed by atoms with E-state index in [4.69, 9.17) is 9.47 Å². The fourth-order valence-electron chi connectivity index (χ4n) is 2.14. The molecule has 0 bridgehead atoms. The van der Waals surface area contributed by atoms with Crippen LogP contribution in [0.25, 0.3) is 6.08 Å². The highest BCUT2D eigenvalue weighted by atomic mass is 16.5. The minimum Gasteiger partial charge on any atom is -0.486 e. The number of hydrogen-bond acceptors (Lipinski definition) is 4. The molecule has 0 aliphatic carbocycles. The summed E-state index contributed by atoms with van der Waals surface area (Å²) in [6.45, 7) is 1.45. The van der Waals surface area contributed by atoms with Crippen LogP contribution >= 0.6 is 0 Å². The van der Waals surface area contributed by atoms with Crippen molar-refractivity contribution in [3.8, 4) is 11.5 Å². The highest BCUT2D eigenvalue weighted by molar-refractivity contribution is 6.14. The van der Waals surface area contributed by atoms with E-state index in [1.165, 1.54) is 6.92 Å². The maximum atomic E-state index is 12.3. The number of Topliss-reactive ketones (excluding diaryl/α,β-unsaturated/α-hetero) is 2. The van der Waals surface area contributed by atoms with Gasteiger partial charge in [-0.15, -0.1) is 0 Å². The van der Waals surface area contributed by atoms with E-state index >= 15 is 0 Å². The monoisotopic (exact) mass is 294 g/mol. The van der Waals surface area contributed by atoms with Crippen LogP contribution in [0.15, 0.2) is 54.3 Å². The number of rotatable bonds is 4. The third-order valence-corrected chi connectivity index (χ3v) is 3.18. The van der Waals surface area contributed by atoms with Crippen molar-refractivity contribution in [2.75, 3.05) is 6.61 Å². The van der Waals surface area contributed by atoms with Crippen molar-refractivity contribution in [2.24, 2.45) is 0 Å². The molecule has 1 heterocycles. The molecule has 3 rings (SSSR count). The van der Waals surface area contributed by atoms with Gasteiger partial charge in [0.15, 0.2) is 11.5 Å². The fourth-order valence-corrected chi connectivity index (χ4v) is 2.14. The maximum Gasteiger partial charge on any atom is 0.231 e. The smallest absolute Gasteiger partial charge is 0.231 e. The zero-order valence-electron chi connectivity index (χ0n) is 12.0. The average molecular weight is 294 g/mol. The lowest BCUT2D eigenvalue weighted by molar-refractivity contribution is -0.118. The second kappa shape index (κ2) is 5.85. The Hall–Kier alpha value is -2.88. The van der Waals surface area contributed by atoms with Gasteiger partial charge in [0.05, 0.1) is 5.56 Å². The van der Waals surface area contributed by atoms with E-state index in [0.29, 0.717) is 17.1 Å². The molecule has 110 valence electrons. The number of carbonyl (C=O) groups excluding carboxylic acids is 2. The molecule has 0 saturated heterocycles. The molecule has 0 radical (unpaired) electrons. The van der Waals surface area contributed by atoms with Crippen molar-refractivity contribution in [1.29, 1.82) is 0 Å². The number of ether oxygens (including phenoxy) is 2. The number of ketones is 2. The van der Waals surface area contributed by atoms with Gasteiger partial charge in [-0.05, 0) is 30.7 Å². The molecule has 0 N–H and O–H groups in total. The highest BCUT2D eigenvalue weighted by Crippen LogP contribution is 2.34. The largest absolute Gasteiger partial charge is 0.486 e. The Morgan fingerprint density at radius 2 is 1.95 bits per heavy atom. The molecule has 0 spiro atoms. The Balaban J connectivity index is 1.84. The molecule has 0 unspecified atom stereocenters. The second-order valence-corrected chi connectivity index (χ2v) is 5.00. The number of allylic oxidation sites excluding steroid dienone is 1. The summed E-state index contributed by atoms with van der Waals surface area (Å²) in [4.78, 5) is 23.2. The Morgan fingerprint density at radius 3 is 2.68 bits per heavy atom. The highest BCUT2D eigenvalue weighted by Gasteiger charge is 2.27. The van der Waals surface area contributed by atoms with E-state index in [2.05, 4.69) is 0 Å². The summed E-state index contributed by atoms with van der Waals surface area (Å²) >= 11 is 0. The summed E-state index contributed by atoms with van der Waals surface area (Å²) in [6.07, 6.45) is 1.71. The lowest BCUT2D eigenvalue weighted by Gasteiger charge is -2.04. The minimum atomic E-state index is -0.156. The molecule has 0 aromatic heterocycles. The Labute approximate surface area is 128 Å². The van der Waals surface area contributed by atoms with Crippen molar-refractivity contribution >= 4 is 17.6 Å². The van der Waals surface area contributed by atoms with Crippen molar-refractivity contribution in [3.63, 3.8) is 0 Å². The predicted molar refractivity (Wildman–Crippen MR) is 82.0 cm³/mol. The van der Waals surface area contributed by atoms with Crippen LogP contribution in [0.2, 0.25) is 0 Å². The van der Waals surface area contributed by atoms with Gasteiger partial charge in [0.1, 0.15) is 18.1 Å². The molecule has 0 saturated carbocycles. The molecule has 1 aliphatic heterocycles. The molecule has 2 aromatic rings. The van der Waals surface area contributed by atoms with Crippen molar-refractivity contribution in [2.45, 2.75) is 6.92 Å². The average Bonchev–Trinajstić information content (AvgIpc) is 2.82. The van der Waals surface area contributed by atoms with Gasteiger partial charge in [-0.25, -0.2) is 0 Å². The third kappa shape index (κ3) is 2.91. The number of hydrogen-bond donors (Lipinski definition) is 0. The molecule has 0 atom stereocenters. The SMILES string of the molecule is CC(=O)COc1ccc2c(c1)OC(=Cc1ccccc1)C2=O. The van der Waals surface area contributed by atoms with Crippen LogP contribution in [0, 0.1) is 0 Å². The first kappa shape index (κ1) is 14.1.